The van der Waals surface area contributed by atoms with Gasteiger partial charge in [0.1, 0.15) is 23.2 Å². The van der Waals surface area contributed by atoms with Crippen molar-refractivity contribution in [3.05, 3.63) is 46.4 Å². The first kappa shape index (κ1) is 21.4. The second kappa shape index (κ2) is 8.23. The molecule has 0 radical (unpaired) electrons. The minimum atomic E-state index is -1.63. The number of aromatic nitrogens is 4. The van der Waals surface area contributed by atoms with Crippen LogP contribution < -0.4 is 16.2 Å². The van der Waals surface area contributed by atoms with Gasteiger partial charge in [0.05, 0.1) is 17.8 Å². The quantitative estimate of drug-likeness (QED) is 0.465. The fraction of sp³-hybridized carbons (Fsp3) is 0.400. The van der Waals surface area contributed by atoms with Crippen molar-refractivity contribution < 1.29 is 14.3 Å². The van der Waals surface area contributed by atoms with Crippen molar-refractivity contribution >= 4 is 17.4 Å². The molecule has 1 atom stereocenters. The Bertz CT molecular complexity index is 1120. The third kappa shape index (κ3) is 4.65. The lowest BCUT2D eigenvalue weighted by Crippen LogP contribution is -2.42. The zero-order chi connectivity index (χ0) is 22.1. The number of rotatable bonds is 7. The van der Waals surface area contributed by atoms with Gasteiger partial charge in [0.25, 0.3) is 5.91 Å². The van der Waals surface area contributed by atoms with Gasteiger partial charge in [0.15, 0.2) is 5.65 Å². The molecule has 1 amide bonds. The van der Waals surface area contributed by atoms with Crippen LogP contribution in [0.5, 0.6) is 0 Å². The number of aromatic amines is 1. The van der Waals surface area contributed by atoms with Crippen LogP contribution in [0.1, 0.15) is 38.1 Å². The van der Waals surface area contributed by atoms with Crippen LogP contribution >= 0.6 is 0 Å². The average molecular weight is 416 g/mol. The Kier molecular flexibility index (Phi) is 5.88. The van der Waals surface area contributed by atoms with E-state index in [1.54, 1.807) is 18.2 Å². The highest BCUT2D eigenvalue weighted by Gasteiger charge is 2.27. The van der Waals surface area contributed by atoms with Gasteiger partial charge < -0.3 is 20.7 Å². The first-order valence-corrected chi connectivity index (χ1v) is 9.56. The van der Waals surface area contributed by atoms with Gasteiger partial charge in [-0.3, -0.25) is 9.59 Å². The second-order valence-corrected chi connectivity index (χ2v) is 7.88. The van der Waals surface area contributed by atoms with Crippen LogP contribution in [0.15, 0.2) is 35.3 Å². The van der Waals surface area contributed by atoms with E-state index in [9.17, 15) is 19.1 Å². The monoisotopic (exact) mass is 416 g/mol. The number of carbonyl (C=O) groups excluding carboxylic acids is 1. The van der Waals surface area contributed by atoms with E-state index in [-0.39, 0.29) is 23.7 Å². The number of nitrogens with zero attached hydrogens (tertiary/aromatic N) is 3. The molecule has 0 spiro atoms. The SMILES string of the molecule is CC(C)Nc1c(C(=O)NC[C@@H](F)C(C)(C)O)cnc2cc(-c3cccc(=O)[nH]3)nn12. The first-order valence-electron chi connectivity index (χ1n) is 9.56. The number of hydrogen-bond donors (Lipinski definition) is 4. The lowest BCUT2D eigenvalue weighted by molar-refractivity contribution is -0.00177. The van der Waals surface area contributed by atoms with Crippen LogP contribution in [-0.2, 0) is 0 Å². The summed E-state index contributed by atoms with van der Waals surface area (Å²) in [5, 5.41) is 19.9. The summed E-state index contributed by atoms with van der Waals surface area (Å²) in [6, 6.07) is 6.39. The zero-order valence-corrected chi connectivity index (χ0v) is 17.2. The fourth-order valence-corrected chi connectivity index (χ4v) is 2.77. The van der Waals surface area contributed by atoms with E-state index in [1.165, 1.54) is 30.6 Å². The molecule has 4 N–H and O–H groups in total. The first-order chi connectivity index (χ1) is 14.1. The lowest BCUT2D eigenvalue weighted by Gasteiger charge is -2.22. The predicted molar refractivity (Wildman–Crippen MR) is 111 cm³/mol. The predicted octanol–water partition coefficient (Wildman–Crippen LogP) is 1.74. The van der Waals surface area contributed by atoms with Gasteiger partial charge in [-0.2, -0.15) is 9.61 Å². The van der Waals surface area contributed by atoms with Crippen molar-refractivity contribution in [3.63, 3.8) is 0 Å². The number of pyridine rings is 1. The number of hydrogen-bond acceptors (Lipinski definition) is 6. The van der Waals surface area contributed by atoms with Crippen LogP contribution in [0.4, 0.5) is 10.2 Å². The van der Waals surface area contributed by atoms with Crippen molar-refractivity contribution in [2.45, 2.75) is 45.5 Å². The summed E-state index contributed by atoms with van der Waals surface area (Å²) in [6.07, 6.45) is -0.253. The molecule has 3 aromatic heterocycles. The molecule has 9 nitrogen and oxygen atoms in total. The lowest BCUT2D eigenvalue weighted by atomic mass is 10.0. The summed E-state index contributed by atoms with van der Waals surface area (Å²) in [5.74, 6) is -0.166. The number of carbonyl (C=O) groups is 1. The molecule has 0 fully saturated rings. The number of H-pyrrole nitrogens is 1. The third-order valence-corrected chi connectivity index (χ3v) is 4.41. The van der Waals surface area contributed by atoms with Crippen molar-refractivity contribution in [3.8, 4) is 11.4 Å². The summed E-state index contributed by atoms with van der Waals surface area (Å²) in [4.78, 5) is 31.3. The van der Waals surface area contributed by atoms with Crippen molar-refractivity contribution in [2.75, 3.05) is 11.9 Å². The Morgan fingerprint density at radius 3 is 2.73 bits per heavy atom. The van der Waals surface area contributed by atoms with E-state index in [2.05, 4.69) is 25.7 Å². The van der Waals surface area contributed by atoms with Gasteiger partial charge >= 0.3 is 0 Å². The summed E-state index contributed by atoms with van der Waals surface area (Å²) >= 11 is 0. The molecule has 0 aliphatic rings. The van der Waals surface area contributed by atoms with Crippen LogP contribution in [0.2, 0.25) is 0 Å². The number of halogens is 1. The number of amides is 1. The molecule has 160 valence electrons. The minimum absolute atomic E-state index is 0.0309. The minimum Gasteiger partial charge on any atom is -0.387 e. The summed E-state index contributed by atoms with van der Waals surface area (Å²) in [5.41, 5.74) is -0.191. The maximum atomic E-state index is 14.0. The standard InChI is InChI=1S/C20H25FN6O3/c1-11(2)24-18-12(19(29)23-10-15(21)20(3,4)30)9-22-16-8-14(26-27(16)18)13-6-5-7-17(28)25-13/h5-9,11,15,24,30H,10H2,1-4H3,(H,23,29)(H,25,28)/t15-/m1/s1. The van der Waals surface area contributed by atoms with Gasteiger partial charge in [-0.1, -0.05) is 6.07 Å². The van der Waals surface area contributed by atoms with Gasteiger partial charge in [-0.15, -0.1) is 0 Å². The summed E-state index contributed by atoms with van der Waals surface area (Å²) < 4.78 is 15.5. The Morgan fingerprint density at radius 1 is 1.37 bits per heavy atom. The van der Waals surface area contributed by atoms with Crippen LogP contribution in [0.25, 0.3) is 17.0 Å². The van der Waals surface area contributed by atoms with Gasteiger partial charge in [-0.25, -0.2) is 9.37 Å². The number of aliphatic hydroxyl groups is 1. The normalized spacial score (nSPS) is 12.9. The summed E-state index contributed by atoms with van der Waals surface area (Å²) in [7, 11) is 0. The molecule has 30 heavy (non-hydrogen) atoms. The molecular formula is C20H25FN6O3. The topological polar surface area (TPSA) is 124 Å². The Balaban J connectivity index is 2.00. The maximum Gasteiger partial charge on any atom is 0.256 e. The highest BCUT2D eigenvalue weighted by Crippen LogP contribution is 2.22. The molecule has 3 aromatic rings. The molecular weight excluding hydrogens is 391 g/mol. The Hall–Kier alpha value is -3.27. The number of fused-ring (bicyclic) bond motifs is 1. The molecule has 3 heterocycles. The molecule has 3 rings (SSSR count). The van der Waals surface area contributed by atoms with Crippen molar-refractivity contribution in [2.24, 2.45) is 0 Å². The Morgan fingerprint density at radius 2 is 2.10 bits per heavy atom. The molecule has 10 heteroatoms. The molecule has 0 bridgehead atoms. The van der Waals surface area contributed by atoms with E-state index < -0.39 is 17.7 Å². The summed E-state index contributed by atoms with van der Waals surface area (Å²) in [6.45, 7) is 6.12. The van der Waals surface area contributed by atoms with E-state index in [1.807, 2.05) is 13.8 Å². The van der Waals surface area contributed by atoms with E-state index in [0.717, 1.165) is 0 Å². The number of alkyl halides is 1. The Labute approximate surface area is 172 Å². The van der Waals surface area contributed by atoms with Gasteiger partial charge in [0, 0.05) is 24.4 Å². The highest BCUT2D eigenvalue weighted by molar-refractivity contribution is 5.99. The van der Waals surface area contributed by atoms with Gasteiger partial charge in [0.2, 0.25) is 5.56 Å². The van der Waals surface area contributed by atoms with E-state index in [0.29, 0.717) is 22.9 Å². The largest absolute Gasteiger partial charge is 0.387 e. The molecule has 0 unspecified atom stereocenters. The number of anilines is 1. The molecule has 0 aromatic carbocycles. The van der Waals surface area contributed by atoms with Crippen LogP contribution in [0.3, 0.4) is 0 Å². The zero-order valence-electron chi connectivity index (χ0n) is 17.2. The van der Waals surface area contributed by atoms with Crippen LogP contribution in [0, 0.1) is 0 Å². The molecule has 0 aliphatic carbocycles. The van der Waals surface area contributed by atoms with Gasteiger partial charge in [-0.05, 0) is 33.8 Å². The van der Waals surface area contributed by atoms with Crippen LogP contribution in [-0.4, -0.2) is 55.0 Å². The van der Waals surface area contributed by atoms with E-state index >= 15 is 0 Å². The average Bonchev–Trinajstić information content (AvgIpc) is 3.10. The fourth-order valence-electron chi connectivity index (χ4n) is 2.77. The molecule has 0 saturated heterocycles. The van der Waals surface area contributed by atoms with Crippen molar-refractivity contribution in [1.82, 2.24) is 24.9 Å². The third-order valence-electron chi connectivity index (χ3n) is 4.41. The highest BCUT2D eigenvalue weighted by atomic mass is 19.1. The molecule has 0 saturated carbocycles. The maximum absolute atomic E-state index is 14.0. The number of nitrogens with one attached hydrogen (secondary N) is 3. The second-order valence-electron chi connectivity index (χ2n) is 7.88. The van der Waals surface area contributed by atoms with Crippen molar-refractivity contribution in [1.29, 1.82) is 0 Å². The molecule has 0 aliphatic heterocycles. The van der Waals surface area contributed by atoms with E-state index in [4.69, 9.17) is 0 Å². The smallest absolute Gasteiger partial charge is 0.256 e.